The van der Waals surface area contributed by atoms with Crippen molar-refractivity contribution in [3.8, 4) is 0 Å². The predicted molar refractivity (Wildman–Crippen MR) is 171 cm³/mol. The first-order valence-electron chi connectivity index (χ1n) is 14.4. The van der Waals surface area contributed by atoms with Crippen molar-refractivity contribution in [2.24, 2.45) is 0 Å². The summed E-state index contributed by atoms with van der Waals surface area (Å²) in [5.41, 5.74) is 4.91. The highest BCUT2D eigenvalue weighted by molar-refractivity contribution is 7.92. The van der Waals surface area contributed by atoms with E-state index in [9.17, 15) is 18.0 Å². The van der Waals surface area contributed by atoms with E-state index in [0.29, 0.717) is 12.1 Å². The normalized spacial score (nSPS) is 11.9. The van der Waals surface area contributed by atoms with Crippen LogP contribution < -0.4 is 9.62 Å². The molecule has 0 saturated heterocycles. The molecule has 0 spiro atoms. The number of amides is 2. The van der Waals surface area contributed by atoms with Gasteiger partial charge in [0.05, 0.1) is 10.6 Å². The zero-order valence-corrected chi connectivity index (χ0v) is 26.0. The summed E-state index contributed by atoms with van der Waals surface area (Å²) in [4.78, 5) is 29.4. The predicted octanol–water partition coefficient (Wildman–Crippen LogP) is 5.45. The Morgan fingerprint density at radius 1 is 0.791 bits per heavy atom. The van der Waals surface area contributed by atoms with Gasteiger partial charge in [-0.2, -0.15) is 0 Å². The van der Waals surface area contributed by atoms with Crippen LogP contribution >= 0.6 is 0 Å². The van der Waals surface area contributed by atoms with E-state index < -0.39 is 28.5 Å². The number of nitrogens with zero attached hydrogens (tertiary/aromatic N) is 2. The largest absolute Gasteiger partial charge is 0.357 e. The van der Waals surface area contributed by atoms with Crippen molar-refractivity contribution in [2.75, 3.05) is 17.9 Å². The number of sulfonamides is 1. The van der Waals surface area contributed by atoms with Gasteiger partial charge in [-0.05, 0) is 55.2 Å². The fraction of sp³-hybridized carbons (Fsp3) is 0.257. The van der Waals surface area contributed by atoms with Crippen LogP contribution in [0.15, 0.2) is 108 Å². The summed E-state index contributed by atoms with van der Waals surface area (Å²) in [5.74, 6) is -0.806. The molecule has 0 bridgehead atoms. The van der Waals surface area contributed by atoms with Gasteiger partial charge in [0.2, 0.25) is 11.8 Å². The van der Waals surface area contributed by atoms with E-state index in [0.717, 1.165) is 27.8 Å². The number of hydrogen-bond acceptors (Lipinski definition) is 4. The molecule has 1 N–H and O–H groups in total. The lowest BCUT2D eigenvalue weighted by molar-refractivity contribution is -0.139. The van der Waals surface area contributed by atoms with Gasteiger partial charge in [-0.1, -0.05) is 103 Å². The van der Waals surface area contributed by atoms with E-state index in [1.165, 1.54) is 9.21 Å². The Bertz CT molecular complexity index is 1650. The molecule has 4 rings (SSSR count). The fourth-order valence-corrected chi connectivity index (χ4v) is 6.58. The molecule has 8 heteroatoms. The fourth-order valence-electron chi connectivity index (χ4n) is 5.13. The topological polar surface area (TPSA) is 86.8 Å². The molecule has 4 aromatic rings. The van der Waals surface area contributed by atoms with Crippen LogP contribution in [0.1, 0.15) is 34.7 Å². The molecule has 224 valence electrons. The average molecular weight is 598 g/mol. The number of likely N-dealkylation sites (N-methyl/N-ethyl adjacent to an activating group) is 1. The van der Waals surface area contributed by atoms with E-state index in [1.54, 1.807) is 43.4 Å². The molecular weight excluding hydrogens is 558 g/mol. The minimum atomic E-state index is -4.14. The Balaban J connectivity index is 1.81. The van der Waals surface area contributed by atoms with E-state index in [4.69, 9.17) is 0 Å². The summed E-state index contributed by atoms with van der Waals surface area (Å²) in [6.07, 6.45) is 0.848. The summed E-state index contributed by atoms with van der Waals surface area (Å²) in [6.45, 7) is 5.47. The van der Waals surface area contributed by atoms with Crippen LogP contribution in [0.25, 0.3) is 0 Å². The second-order valence-corrected chi connectivity index (χ2v) is 12.5. The van der Waals surface area contributed by atoms with Gasteiger partial charge >= 0.3 is 0 Å². The minimum Gasteiger partial charge on any atom is -0.357 e. The van der Waals surface area contributed by atoms with Crippen LogP contribution in [0.5, 0.6) is 0 Å². The Hall–Kier alpha value is -4.43. The third-order valence-corrected chi connectivity index (χ3v) is 9.26. The van der Waals surface area contributed by atoms with Crippen molar-refractivity contribution in [2.45, 2.75) is 51.1 Å². The quantitative estimate of drug-likeness (QED) is 0.235. The molecule has 1 atom stereocenters. The third-order valence-electron chi connectivity index (χ3n) is 7.48. The first-order chi connectivity index (χ1) is 20.6. The minimum absolute atomic E-state index is 0.0918. The number of benzene rings is 4. The highest BCUT2D eigenvalue weighted by Gasteiger charge is 2.34. The zero-order valence-electron chi connectivity index (χ0n) is 25.2. The van der Waals surface area contributed by atoms with Gasteiger partial charge in [0.15, 0.2) is 0 Å². The Kier molecular flexibility index (Phi) is 10.4. The third kappa shape index (κ3) is 7.70. The number of rotatable bonds is 12. The van der Waals surface area contributed by atoms with E-state index >= 15 is 0 Å². The van der Waals surface area contributed by atoms with Crippen molar-refractivity contribution in [3.63, 3.8) is 0 Å². The summed E-state index contributed by atoms with van der Waals surface area (Å²) in [5, 5.41) is 2.72. The molecule has 7 nitrogen and oxygen atoms in total. The molecular formula is C35H39N3O4S. The molecule has 0 aliphatic carbocycles. The molecule has 4 aromatic carbocycles. The average Bonchev–Trinajstić information content (AvgIpc) is 3.01. The standard InChI is InChI=1S/C35H39N3O4S/c1-5-30-16-9-10-17-32(30)38(43(41,42)31-20-18-26(2)19-21-31)25-34(39)37(24-29-15-11-12-27(3)22-29)33(35(40)36-4)23-28-13-7-6-8-14-28/h6-22,33H,5,23-25H2,1-4H3,(H,36,40)/t33-/m0/s1. The van der Waals surface area contributed by atoms with Crippen molar-refractivity contribution >= 4 is 27.5 Å². The number of carbonyl (C=O) groups excluding carboxylic acids is 2. The maximum atomic E-state index is 14.4. The van der Waals surface area contributed by atoms with Gasteiger partial charge in [-0.15, -0.1) is 0 Å². The van der Waals surface area contributed by atoms with Crippen molar-refractivity contribution < 1.29 is 18.0 Å². The zero-order chi connectivity index (χ0) is 31.0. The van der Waals surface area contributed by atoms with Crippen molar-refractivity contribution in [1.82, 2.24) is 10.2 Å². The molecule has 43 heavy (non-hydrogen) atoms. The first kappa shape index (κ1) is 31.5. The lowest BCUT2D eigenvalue weighted by Crippen LogP contribution is -2.53. The molecule has 0 aromatic heterocycles. The Morgan fingerprint density at radius 3 is 2.09 bits per heavy atom. The Labute approximate surface area is 255 Å². The van der Waals surface area contributed by atoms with Gasteiger partial charge in [0.1, 0.15) is 12.6 Å². The van der Waals surface area contributed by atoms with Crippen LogP contribution in [-0.2, 0) is 39.0 Å². The number of para-hydroxylation sites is 1. The maximum Gasteiger partial charge on any atom is 0.264 e. The van der Waals surface area contributed by atoms with Crippen LogP contribution in [0.2, 0.25) is 0 Å². The molecule has 0 fully saturated rings. The second-order valence-electron chi connectivity index (χ2n) is 10.6. The van der Waals surface area contributed by atoms with Crippen LogP contribution in [-0.4, -0.2) is 44.8 Å². The number of carbonyl (C=O) groups is 2. The van der Waals surface area contributed by atoms with E-state index in [-0.39, 0.29) is 23.8 Å². The number of hydrogen-bond donors (Lipinski definition) is 1. The van der Waals surface area contributed by atoms with E-state index in [2.05, 4.69) is 5.32 Å². The Morgan fingerprint density at radius 2 is 1.44 bits per heavy atom. The molecule has 0 unspecified atom stereocenters. The molecule has 0 aliphatic rings. The first-order valence-corrected chi connectivity index (χ1v) is 15.9. The van der Waals surface area contributed by atoms with Crippen LogP contribution in [0.4, 0.5) is 5.69 Å². The van der Waals surface area contributed by atoms with Crippen LogP contribution in [0, 0.1) is 13.8 Å². The summed E-state index contributed by atoms with van der Waals surface area (Å²) >= 11 is 0. The highest BCUT2D eigenvalue weighted by Crippen LogP contribution is 2.28. The summed E-state index contributed by atoms with van der Waals surface area (Å²) in [6, 6.07) is 30.2. The van der Waals surface area contributed by atoms with Crippen LogP contribution in [0.3, 0.4) is 0 Å². The van der Waals surface area contributed by atoms with Gasteiger partial charge in [-0.25, -0.2) is 8.42 Å². The molecule has 2 amide bonds. The van der Waals surface area contributed by atoms with Crippen molar-refractivity contribution in [3.05, 3.63) is 131 Å². The molecule has 0 aliphatic heterocycles. The summed E-state index contributed by atoms with van der Waals surface area (Å²) in [7, 11) is -2.59. The number of anilines is 1. The smallest absolute Gasteiger partial charge is 0.264 e. The highest BCUT2D eigenvalue weighted by atomic mass is 32.2. The van der Waals surface area contributed by atoms with E-state index in [1.807, 2.05) is 87.5 Å². The molecule has 0 radical (unpaired) electrons. The second kappa shape index (κ2) is 14.2. The lowest BCUT2D eigenvalue weighted by atomic mass is 10.0. The van der Waals surface area contributed by atoms with Gasteiger partial charge < -0.3 is 10.2 Å². The summed E-state index contributed by atoms with van der Waals surface area (Å²) < 4.78 is 29.6. The number of nitrogens with one attached hydrogen (secondary N) is 1. The molecule has 0 heterocycles. The maximum absolute atomic E-state index is 14.4. The molecule has 0 saturated carbocycles. The van der Waals surface area contributed by atoms with Gasteiger partial charge in [0, 0.05) is 20.0 Å². The van der Waals surface area contributed by atoms with Crippen molar-refractivity contribution in [1.29, 1.82) is 0 Å². The monoisotopic (exact) mass is 597 g/mol. The lowest BCUT2D eigenvalue weighted by Gasteiger charge is -2.34. The van der Waals surface area contributed by atoms with Gasteiger partial charge in [-0.3, -0.25) is 13.9 Å². The van der Waals surface area contributed by atoms with Gasteiger partial charge in [0.25, 0.3) is 10.0 Å². The number of aryl methyl sites for hydroxylation is 3. The SMILES string of the molecule is CCc1ccccc1N(CC(=O)N(Cc1cccc(C)c1)[C@@H](Cc1ccccc1)C(=O)NC)S(=O)(=O)c1ccc(C)cc1.